The number of hydrogen-bond acceptors (Lipinski definition) is 0. The van der Waals surface area contributed by atoms with E-state index in [9.17, 15) is 0 Å². The number of rotatable bonds is 5. The maximum Gasteiger partial charge on any atom is 0.0286 e. The van der Waals surface area contributed by atoms with E-state index in [-0.39, 0.29) is 0 Å². The molecule has 0 amide bonds. The molecule has 0 unspecified atom stereocenters. The summed E-state index contributed by atoms with van der Waals surface area (Å²) in [6.45, 7) is 7.95. The third-order valence-electron chi connectivity index (χ3n) is 1.62. The molecule has 0 aliphatic heterocycles. The molecule has 1 heteroatoms. The van der Waals surface area contributed by atoms with Gasteiger partial charge < -0.3 is 0 Å². The first-order valence-corrected chi connectivity index (χ1v) is 4.56. The van der Waals surface area contributed by atoms with Crippen LogP contribution in [0.2, 0.25) is 0 Å². The molecule has 0 heterocycles. The van der Waals surface area contributed by atoms with E-state index >= 15 is 0 Å². The van der Waals surface area contributed by atoms with Crippen molar-refractivity contribution in [1.29, 1.82) is 0 Å². The monoisotopic (exact) mass is 172 g/mol. The summed E-state index contributed by atoms with van der Waals surface area (Å²) in [5, 5.41) is 0. The normalized spacial score (nSPS) is 12.3. The van der Waals surface area contributed by atoms with Crippen molar-refractivity contribution in [3.8, 4) is 0 Å². The van der Waals surface area contributed by atoms with E-state index in [1.165, 1.54) is 5.57 Å². The standard InChI is InChI=1S/C10H17Cl/c1-4-10(8-11)7-5-6-9(2)3/h4,6,10H,1,5,7-8H2,2-3H3/t10-/m0/s1. The van der Waals surface area contributed by atoms with Gasteiger partial charge in [-0.1, -0.05) is 17.7 Å². The average molecular weight is 173 g/mol. The van der Waals surface area contributed by atoms with Gasteiger partial charge in [0.2, 0.25) is 0 Å². The van der Waals surface area contributed by atoms with Crippen molar-refractivity contribution in [2.45, 2.75) is 26.7 Å². The molecular weight excluding hydrogens is 156 g/mol. The van der Waals surface area contributed by atoms with Crippen molar-refractivity contribution in [2.75, 3.05) is 5.88 Å². The molecule has 0 aliphatic rings. The largest absolute Gasteiger partial charge is 0.126 e. The molecule has 0 fully saturated rings. The van der Waals surface area contributed by atoms with Crippen LogP contribution < -0.4 is 0 Å². The highest BCUT2D eigenvalue weighted by Crippen LogP contribution is 2.10. The third kappa shape index (κ3) is 6.18. The molecule has 0 aromatic carbocycles. The van der Waals surface area contributed by atoms with Crippen molar-refractivity contribution in [1.82, 2.24) is 0 Å². The Kier molecular flexibility index (Phi) is 6.34. The Morgan fingerprint density at radius 2 is 2.18 bits per heavy atom. The lowest BCUT2D eigenvalue weighted by Crippen LogP contribution is -1.96. The Labute approximate surface area is 74.9 Å². The molecule has 0 saturated heterocycles. The summed E-state index contributed by atoms with van der Waals surface area (Å²) >= 11 is 5.69. The Morgan fingerprint density at radius 3 is 2.55 bits per heavy atom. The van der Waals surface area contributed by atoms with Crippen LogP contribution in [0.4, 0.5) is 0 Å². The Balaban J connectivity index is 3.51. The van der Waals surface area contributed by atoms with E-state index in [2.05, 4.69) is 26.5 Å². The van der Waals surface area contributed by atoms with Crippen LogP contribution in [-0.2, 0) is 0 Å². The fraction of sp³-hybridized carbons (Fsp3) is 0.600. The topological polar surface area (TPSA) is 0 Å². The minimum absolute atomic E-state index is 0.479. The molecule has 0 N–H and O–H groups in total. The predicted molar refractivity (Wildman–Crippen MR) is 53.1 cm³/mol. The minimum Gasteiger partial charge on any atom is -0.126 e. The lowest BCUT2D eigenvalue weighted by atomic mass is 10.1. The molecule has 0 nitrogen and oxygen atoms in total. The van der Waals surface area contributed by atoms with Crippen LogP contribution >= 0.6 is 11.6 Å². The Hall–Kier alpha value is -0.230. The summed E-state index contributed by atoms with van der Waals surface area (Å²) in [6.07, 6.45) is 6.42. The maximum atomic E-state index is 5.69. The second-order valence-electron chi connectivity index (χ2n) is 3.01. The lowest BCUT2D eigenvalue weighted by molar-refractivity contribution is 0.664. The summed E-state index contributed by atoms with van der Waals surface area (Å²) in [6, 6.07) is 0. The van der Waals surface area contributed by atoms with Gasteiger partial charge in [0, 0.05) is 5.88 Å². The highest BCUT2D eigenvalue weighted by molar-refractivity contribution is 6.18. The highest BCUT2D eigenvalue weighted by atomic mass is 35.5. The van der Waals surface area contributed by atoms with Gasteiger partial charge in [0.1, 0.15) is 0 Å². The Bertz CT molecular complexity index is 132. The number of halogens is 1. The molecule has 0 spiro atoms. The first-order chi connectivity index (χ1) is 5.20. The number of alkyl halides is 1. The van der Waals surface area contributed by atoms with Crippen molar-refractivity contribution in [2.24, 2.45) is 5.92 Å². The van der Waals surface area contributed by atoms with E-state index in [0.717, 1.165) is 12.8 Å². The SMILES string of the molecule is C=C[C@H](CCl)CCC=C(C)C. The first-order valence-electron chi connectivity index (χ1n) is 4.02. The van der Waals surface area contributed by atoms with Crippen LogP contribution in [0.25, 0.3) is 0 Å². The fourth-order valence-electron chi connectivity index (χ4n) is 0.844. The molecule has 11 heavy (non-hydrogen) atoms. The molecule has 1 atom stereocenters. The zero-order chi connectivity index (χ0) is 8.69. The zero-order valence-corrected chi connectivity index (χ0v) is 8.19. The number of allylic oxidation sites excluding steroid dienone is 3. The van der Waals surface area contributed by atoms with Gasteiger partial charge in [-0.15, -0.1) is 18.2 Å². The van der Waals surface area contributed by atoms with Gasteiger partial charge in [-0.2, -0.15) is 0 Å². The van der Waals surface area contributed by atoms with Crippen molar-refractivity contribution < 1.29 is 0 Å². The maximum absolute atomic E-state index is 5.69. The van der Waals surface area contributed by atoms with Crippen LogP contribution in [0.5, 0.6) is 0 Å². The van der Waals surface area contributed by atoms with Gasteiger partial charge in [0.05, 0.1) is 0 Å². The van der Waals surface area contributed by atoms with Gasteiger partial charge >= 0.3 is 0 Å². The van der Waals surface area contributed by atoms with Gasteiger partial charge in [-0.05, 0) is 32.6 Å². The third-order valence-corrected chi connectivity index (χ3v) is 2.02. The van der Waals surface area contributed by atoms with Crippen LogP contribution in [0, 0.1) is 5.92 Å². The Morgan fingerprint density at radius 1 is 1.55 bits per heavy atom. The summed E-state index contributed by atoms with van der Waals surface area (Å²) in [7, 11) is 0. The van der Waals surface area contributed by atoms with Gasteiger partial charge in [-0.3, -0.25) is 0 Å². The summed E-state index contributed by atoms with van der Waals surface area (Å²) < 4.78 is 0. The summed E-state index contributed by atoms with van der Waals surface area (Å²) in [5.41, 5.74) is 1.38. The fourth-order valence-corrected chi connectivity index (χ4v) is 1.12. The second-order valence-corrected chi connectivity index (χ2v) is 3.32. The van der Waals surface area contributed by atoms with Gasteiger partial charge in [0.25, 0.3) is 0 Å². The average Bonchev–Trinajstić information content (AvgIpc) is 1.98. The molecule has 0 aliphatic carbocycles. The van der Waals surface area contributed by atoms with Crippen molar-refractivity contribution in [3.63, 3.8) is 0 Å². The zero-order valence-electron chi connectivity index (χ0n) is 7.44. The van der Waals surface area contributed by atoms with E-state index < -0.39 is 0 Å². The quantitative estimate of drug-likeness (QED) is 0.438. The summed E-state index contributed by atoms with van der Waals surface area (Å²) in [5.74, 6) is 1.17. The predicted octanol–water partition coefficient (Wildman–Crippen LogP) is 3.77. The van der Waals surface area contributed by atoms with Crippen LogP contribution in [0.3, 0.4) is 0 Å². The number of hydrogen-bond donors (Lipinski definition) is 0. The minimum atomic E-state index is 0.479. The van der Waals surface area contributed by atoms with E-state index in [0.29, 0.717) is 11.8 Å². The molecular formula is C10H17Cl. The van der Waals surface area contributed by atoms with E-state index in [1.807, 2.05) is 6.08 Å². The van der Waals surface area contributed by atoms with Gasteiger partial charge in [-0.25, -0.2) is 0 Å². The molecule has 64 valence electrons. The van der Waals surface area contributed by atoms with Gasteiger partial charge in [0.15, 0.2) is 0 Å². The highest BCUT2D eigenvalue weighted by Gasteiger charge is 1.99. The first kappa shape index (κ1) is 10.8. The molecule has 0 bridgehead atoms. The molecule has 0 aromatic rings. The molecule has 0 radical (unpaired) electrons. The molecule has 0 saturated carbocycles. The van der Waals surface area contributed by atoms with E-state index in [4.69, 9.17) is 11.6 Å². The molecule has 0 aromatic heterocycles. The van der Waals surface area contributed by atoms with Crippen molar-refractivity contribution in [3.05, 3.63) is 24.3 Å². The van der Waals surface area contributed by atoms with Crippen LogP contribution in [-0.4, -0.2) is 5.88 Å². The second kappa shape index (κ2) is 6.48. The summed E-state index contributed by atoms with van der Waals surface area (Å²) in [4.78, 5) is 0. The van der Waals surface area contributed by atoms with Crippen LogP contribution in [0.15, 0.2) is 24.3 Å². The smallest absolute Gasteiger partial charge is 0.0286 e. The van der Waals surface area contributed by atoms with E-state index in [1.54, 1.807) is 0 Å². The molecule has 0 rings (SSSR count). The van der Waals surface area contributed by atoms with Crippen molar-refractivity contribution >= 4 is 11.6 Å². The van der Waals surface area contributed by atoms with Crippen LogP contribution in [0.1, 0.15) is 26.7 Å². The lowest BCUT2D eigenvalue weighted by Gasteiger charge is -2.04.